The Morgan fingerprint density at radius 2 is 2.06 bits per heavy atom. The zero-order chi connectivity index (χ0) is 23.4. The van der Waals surface area contributed by atoms with Gasteiger partial charge in [0.2, 0.25) is 0 Å². The van der Waals surface area contributed by atoms with Crippen LogP contribution in [0.25, 0.3) is 11.6 Å². The average Bonchev–Trinajstić information content (AvgIpc) is 3.20. The Bertz CT molecular complexity index is 1090. The highest BCUT2D eigenvalue weighted by Gasteiger charge is 2.26. The lowest BCUT2D eigenvalue weighted by molar-refractivity contribution is -0.110. The van der Waals surface area contributed by atoms with Crippen molar-refractivity contribution in [2.24, 2.45) is 0 Å². The van der Waals surface area contributed by atoms with Gasteiger partial charge in [-0.2, -0.15) is 0 Å². The van der Waals surface area contributed by atoms with Gasteiger partial charge in [-0.1, -0.05) is 0 Å². The number of H-pyrrole nitrogens is 1. The molecule has 0 radical (unpaired) electrons. The van der Waals surface area contributed by atoms with E-state index in [9.17, 15) is 18.8 Å². The maximum absolute atomic E-state index is 13.7. The largest absolute Gasteiger partial charge is 0.422 e. The minimum absolute atomic E-state index is 0.183. The van der Waals surface area contributed by atoms with Gasteiger partial charge in [0, 0.05) is 42.3 Å². The normalized spacial score (nSPS) is 13.7. The van der Waals surface area contributed by atoms with E-state index in [1.807, 2.05) is 0 Å². The lowest BCUT2D eigenvalue weighted by Gasteiger charge is -2.19. The number of nitrogens with zero attached hydrogens (tertiary/aromatic N) is 1. The second kappa shape index (κ2) is 9.65. The van der Waals surface area contributed by atoms with Crippen LogP contribution >= 0.6 is 0 Å². The summed E-state index contributed by atoms with van der Waals surface area (Å²) < 4.78 is 18.2. The summed E-state index contributed by atoms with van der Waals surface area (Å²) in [6.45, 7) is 5.29. The van der Waals surface area contributed by atoms with Gasteiger partial charge in [-0.05, 0) is 50.6 Å². The molecule has 2 aromatic rings. The fourth-order valence-electron chi connectivity index (χ4n) is 3.62. The number of hydrogen-bond acceptors (Lipinski definition) is 5. The summed E-state index contributed by atoms with van der Waals surface area (Å²) >= 11 is 0. The van der Waals surface area contributed by atoms with Gasteiger partial charge < -0.3 is 30.4 Å². The number of likely N-dealkylation sites (N-methyl/N-ethyl adjacent to an activating group) is 1. The summed E-state index contributed by atoms with van der Waals surface area (Å²) in [6, 6.07) is 4.07. The first kappa shape index (κ1) is 23.0. The van der Waals surface area contributed by atoms with E-state index in [1.54, 1.807) is 26.8 Å². The number of benzene rings is 1. The molecule has 4 N–H and O–H groups in total. The molecule has 3 amide bonds. The third kappa shape index (κ3) is 4.65. The lowest BCUT2D eigenvalue weighted by Crippen LogP contribution is -2.39. The van der Waals surface area contributed by atoms with Gasteiger partial charge in [0.15, 0.2) is 6.79 Å². The van der Waals surface area contributed by atoms with E-state index in [0.717, 1.165) is 0 Å². The van der Waals surface area contributed by atoms with Crippen molar-refractivity contribution in [1.29, 1.82) is 0 Å². The van der Waals surface area contributed by atoms with Crippen LogP contribution in [0.3, 0.4) is 0 Å². The van der Waals surface area contributed by atoms with Crippen LogP contribution in [0, 0.1) is 19.7 Å². The molecule has 0 unspecified atom stereocenters. The predicted molar refractivity (Wildman–Crippen MR) is 116 cm³/mol. The van der Waals surface area contributed by atoms with Crippen molar-refractivity contribution in [3.8, 4) is 0 Å². The summed E-state index contributed by atoms with van der Waals surface area (Å²) in [5, 5.41) is 14.2. The Kier molecular flexibility index (Phi) is 6.94. The standard InChI is InChI=1S/C22H25FN4O5/c1-4-27(22(31)32-11-28)8-7-24-21(30)19-12(2)18(25-13(19)3)10-16-15-9-14(23)5-6-17(15)26-20(16)29/h5-6,9-10,25,28H,4,7-8,11H2,1-3H3,(H,24,30)(H,26,29)/b16-10-. The van der Waals surface area contributed by atoms with Crippen LogP contribution in [0.4, 0.5) is 14.9 Å². The number of aromatic amines is 1. The van der Waals surface area contributed by atoms with Gasteiger partial charge in [0.1, 0.15) is 5.82 Å². The fraction of sp³-hybridized carbons (Fsp3) is 0.318. The highest BCUT2D eigenvalue weighted by molar-refractivity contribution is 6.34. The molecular weight excluding hydrogens is 419 g/mol. The molecule has 0 bridgehead atoms. The zero-order valence-electron chi connectivity index (χ0n) is 18.0. The second-order valence-electron chi connectivity index (χ2n) is 7.24. The predicted octanol–water partition coefficient (Wildman–Crippen LogP) is 2.40. The zero-order valence-corrected chi connectivity index (χ0v) is 18.0. The van der Waals surface area contributed by atoms with Crippen molar-refractivity contribution in [2.45, 2.75) is 20.8 Å². The van der Waals surface area contributed by atoms with Crippen LogP contribution in [0.2, 0.25) is 0 Å². The molecule has 0 saturated heterocycles. The van der Waals surface area contributed by atoms with E-state index in [2.05, 4.69) is 20.4 Å². The van der Waals surface area contributed by atoms with Crippen LogP contribution < -0.4 is 10.6 Å². The van der Waals surface area contributed by atoms with Crippen molar-refractivity contribution >= 4 is 35.2 Å². The Morgan fingerprint density at radius 3 is 2.75 bits per heavy atom. The van der Waals surface area contributed by atoms with Crippen LogP contribution in [0.1, 0.15) is 39.8 Å². The van der Waals surface area contributed by atoms with Gasteiger partial charge in [-0.3, -0.25) is 9.59 Å². The first-order chi connectivity index (χ1) is 15.3. The van der Waals surface area contributed by atoms with Crippen molar-refractivity contribution < 1.29 is 28.6 Å². The minimum Gasteiger partial charge on any atom is -0.422 e. The molecule has 1 aliphatic heterocycles. The number of fused-ring (bicyclic) bond motifs is 1. The molecule has 0 aliphatic carbocycles. The topological polar surface area (TPSA) is 124 Å². The monoisotopic (exact) mass is 444 g/mol. The number of carbonyl (C=O) groups excluding carboxylic acids is 3. The molecule has 1 aliphatic rings. The quantitative estimate of drug-likeness (QED) is 0.386. The molecule has 0 spiro atoms. The van der Waals surface area contributed by atoms with Crippen molar-refractivity contribution in [3.05, 3.63) is 52.1 Å². The van der Waals surface area contributed by atoms with Crippen molar-refractivity contribution in [1.82, 2.24) is 15.2 Å². The molecule has 0 saturated carbocycles. The molecule has 1 aromatic carbocycles. The highest BCUT2D eigenvalue weighted by Crippen LogP contribution is 2.34. The Morgan fingerprint density at radius 1 is 1.31 bits per heavy atom. The van der Waals surface area contributed by atoms with Gasteiger partial charge >= 0.3 is 6.09 Å². The second-order valence-corrected chi connectivity index (χ2v) is 7.24. The lowest BCUT2D eigenvalue weighted by atomic mass is 10.0. The SMILES string of the molecule is CCN(CCNC(=O)c1c(C)[nH]c(/C=C2\C(=O)Nc3ccc(F)cc32)c1C)C(=O)OCO. The van der Waals surface area contributed by atoms with E-state index in [0.29, 0.717) is 45.9 Å². The first-order valence-corrected chi connectivity index (χ1v) is 10.1. The van der Waals surface area contributed by atoms with Crippen molar-refractivity contribution in [2.75, 3.05) is 31.7 Å². The van der Waals surface area contributed by atoms with E-state index >= 15 is 0 Å². The van der Waals surface area contributed by atoms with Crippen LogP contribution in [0.15, 0.2) is 18.2 Å². The Balaban J connectivity index is 1.76. The van der Waals surface area contributed by atoms with E-state index in [-0.39, 0.29) is 24.9 Å². The smallest absolute Gasteiger partial charge is 0.411 e. The molecule has 0 atom stereocenters. The summed E-state index contributed by atoms with van der Waals surface area (Å²) in [6.07, 6.45) is 0.933. The number of ether oxygens (including phenoxy) is 1. The number of aryl methyl sites for hydroxylation is 1. The molecular formula is C22H25FN4O5. The van der Waals surface area contributed by atoms with Crippen LogP contribution in [-0.2, 0) is 9.53 Å². The number of aromatic nitrogens is 1. The Labute approximate surface area is 184 Å². The third-order valence-corrected chi connectivity index (χ3v) is 5.25. The maximum Gasteiger partial charge on any atom is 0.411 e. The number of rotatable bonds is 7. The number of aliphatic hydroxyl groups is 1. The molecule has 9 nitrogen and oxygen atoms in total. The molecule has 10 heteroatoms. The molecule has 2 heterocycles. The molecule has 3 rings (SSSR count). The van der Waals surface area contributed by atoms with E-state index in [4.69, 9.17) is 5.11 Å². The highest BCUT2D eigenvalue weighted by atomic mass is 19.1. The van der Waals surface area contributed by atoms with Crippen LogP contribution in [0.5, 0.6) is 0 Å². The number of amides is 3. The van der Waals surface area contributed by atoms with Gasteiger partial charge in [-0.15, -0.1) is 0 Å². The first-order valence-electron chi connectivity index (χ1n) is 10.1. The van der Waals surface area contributed by atoms with E-state index in [1.165, 1.54) is 23.1 Å². The minimum atomic E-state index is -0.711. The third-order valence-electron chi connectivity index (χ3n) is 5.25. The van der Waals surface area contributed by atoms with Crippen molar-refractivity contribution in [3.63, 3.8) is 0 Å². The summed E-state index contributed by atoms with van der Waals surface area (Å²) in [5.41, 5.74) is 3.53. The number of nitrogens with one attached hydrogen (secondary N) is 3. The van der Waals surface area contributed by atoms with Gasteiger partial charge in [-0.25, -0.2) is 9.18 Å². The molecule has 0 fully saturated rings. The fourth-order valence-corrected chi connectivity index (χ4v) is 3.62. The number of anilines is 1. The van der Waals surface area contributed by atoms with Gasteiger partial charge in [0.05, 0.1) is 11.1 Å². The van der Waals surface area contributed by atoms with E-state index < -0.39 is 18.7 Å². The average molecular weight is 444 g/mol. The molecule has 32 heavy (non-hydrogen) atoms. The summed E-state index contributed by atoms with van der Waals surface area (Å²) in [7, 11) is 0. The Hall–Kier alpha value is -3.66. The number of carbonyl (C=O) groups is 3. The van der Waals surface area contributed by atoms with Crippen LogP contribution in [-0.4, -0.2) is 59.3 Å². The maximum atomic E-state index is 13.7. The number of aliphatic hydroxyl groups excluding tert-OH is 1. The summed E-state index contributed by atoms with van der Waals surface area (Å²) in [5.74, 6) is -1.14. The molecule has 1 aromatic heterocycles. The molecule has 170 valence electrons. The van der Waals surface area contributed by atoms with Gasteiger partial charge in [0.25, 0.3) is 11.8 Å². The summed E-state index contributed by atoms with van der Waals surface area (Å²) in [4.78, 5) is 41.3. The number of hydrogen-bond donors (Lipinski definition) is 4. The number of halogens is 1.